The third-order valence-corrected chi connectivity index (χ3v) is 8.72. The Kier molecular flexibility index (Phi) is 8.39. The summed E-state index contributed by atoms with van der Waals surface area (Å²) in [7, 11) is 0. The maximum atomic E-state index is 6.59. The molecule has 7 aromatic rings. The summed E-state index contributed by atoms with van der Waals surface area (Å²) in [6.07, 6.45) is 8.30. The van der Waals surface area contributed by atoms with E-state index in [2.05, 4.69) is 127 Å². The molecule has 0 aliphatic carbocycles. The summed E-state index contributed by atoms with van der Waals surface area (Å²) in [4.78, 5) is 4.73. The van der Waals surface area contributed by atoms with Gasteiger partial charge >= 0.3 is 0 Å². The van der Waals surface area contributed by atoms with Gasteiger partial charge in [0.05, 0.1) is 28.1 Å². The van der Waals surface area contributed by atoms with E-state index in [4.69, 9.17) is 14.8 Å². The van der Waals surface area contributed by atoms with Gasteiger partial charge in [0.15, 0.2) is 0 Å². The van der Waals surface area contributed by atoms with Crippen molar-refractivity contribution >= 4 is 21.8 Å². The maximum absolute atomic E-state index is 6.59. The van der Waals surface area contributed by atoms with Crippen molar-refractivity contribution in [2.75, 3.05) is 0 Å². The molecule has 0 fully saturated rings. The number of rotatable bonds is 11. The number of hydrogen-bond donors (Lipinski definition) is 0. The Morgan fingerprint density at radius 2 is 1.43 bits per heavy atom. The van der Waals surface area contributed by atoms with Gasteiger partial charge in [-0.15, -0.1) is 0 Å². The Hall–Kier alpha value is -5.16. The van der Waals surface area contributed by atoms with E-state index in [1.165, 1.54) is 38.9 Å². The van der Waals surface area contributed by atoms with Crippen LogP contribution < -0.4 is 4.74 Å². The summed E-state index contributed by atoms with van der Waals surface area (Å²) >= 11 is 0. The molecular weight excluding hydrogens is 564 g/mol. The standard InChI is InChI=1S/C41H40N4O/c1-4-6-19-36-41(30-14-9-8-10-15-30)38(20-7-5-2)45(43-36)31-16-13-17-32(27-31)46-33-22-23-35-34-18-11-12-21-37(34)44(39(35)28-33)40-26-29(3)24-25-42-40/h8-18,21-28H,4-7,19-20H2,1-3H3. The second kappa shape index (κ2) is 13.1. The Bertz CT molecular complexity index is 2120. The topological polar surface area (TPSA) is 44.9 Å². The molecule has 0 bridgehead atoms. The Labute approximate surface area is 271 Å². The van der Waals surface area contributed by atoms with Crippen LogP contribution >= 0.6 is 0 Å². The van der Waals surface area contributed by atoms with Gasteiger partial charge in [-0.1, -0.05) is 81.3 Å². The third kappa shape index (κ3) is 5.69. The van der Waals surface area contributed by atoms with E-state index >= 15 is 0 Å². The second-order valence-electron chi connectivity index (χ2n) is 12.1. The highest BCUT2D eigenvalue weighted by molar-refractivity contribution is 6.09. The number of aromatic nitrogens is 4. The number of aryl methyl sites for hydroxylation is 2. The average Bonchev–Trinajstić information content (AvgIpc) is 3.62. The normalized spacial score (nSPS) is 11.5. The number of nitrogens with zero attached hydrogens (tertiary/aromatic N) is 4. The first-order valence-electron chi connectivity index (χ1n) is 16.5. The molecule has 0 atom stereocenters. The van der Waals surface area contributed by atoms with Gasteiger partial charge in [0, 0.05) is 34.7 Å². The summed E-state index contributed by atoms with van der Waals surface area (Å²) in [5.74, 6) is 2.46. The summed E-state index contributed by atoms with van der Waals surface area (Å²) < 4.78 is 11.0. The summed E-state index contributed by atoms with van der Waals surface area (Å²) in [5, 5.41) is 7.63. The van der Waals surface area contributed by atoms with Crippen LogP contribution in [-0.4, -0.2) is 19.3 Å². The highest BCUT2D eigenvalue weighted by Gasteiger charge is 2.20. The van der Waals surface area contributed by atoms with Gasteiger partial charge in [-0.25, -0.2) is 9.67 Å². The molecule has 7 rings (SSSR count). The quantitative estimate of drug-likeness (QED) is 0.148. The van der Waals surface area contributed by atoms with Crippen LogP contribution in [0.5, 0.6) is 11.5 Å². The number of ether oxygens (including phenoxy) is 1. The molecule has 0 aliphatic heterocycles. The fourth-order valence-electron chi connectivity index (χ4n) is 6.47. The molecule has 0 unspecified atom stereocenters. The molecule has 5 nitrogen and oxygen atoms in total. The molecule has 0 radical (unpaired) electrons. The fraction of sp³-hybridized carbons (Fsp3) is 0.220. The molecule has 0 amide bonds. The molecule has 3 aromatic heterocycles. The molecule has 230 valence electrons. The fourth-order valence-corrected chi connectivity index (χ4v) is 6.47. The van der Waals surface area contributed by atoms with Crippen molar-refractivity contribution in [1.82, 2.24) is 19.3 Å². The molecule has 0 N–H and O–H groups in total. The molecule has 0 spiro atoms. The second-order valence-corrected chi connectivity index (χ2v) is 12.1. The van der Waals surface area contributed by atoms with Gasteiger partial charge < -0.3 is 4.74 Å². The van der Waals surface area contributed by atoms with E-state index in [1.807, 2.05) is 18.3 Å². The van der Waals surface area contributed by atoms with E-state index in [0.717, 1.165) is 72.6 Å². The molecule has 0 saturated carbocycles. The van der Waals surface area contributed by atoms with Crippen molar-refractivity contribution in [1.29, 1.82) is 0 Å². The van der Waals surface area contributed by atoms with Crippen LogP contribution in [0.15, 0.2) is 115 Å². The van der Waals surface area contributed by atoms with E-state index in [1.54, 1.807) is 0 Å². The van der Waals surface area contributed by atoms with Gasteiger partial charge in [-0.2, -0.15) is 5.10 Å². The lowest BCUT2D eigenvalue weighted by atomic mass is 9.98. The van der Waals surface area contributed by atoms with Crippen molar-refractivity contribution in [3.63, 3.8) is 0 Å². The van der Waals surface area contributed by atoms with Crippen LogP contribution in [0.25, 0.3) is 44.4 Å². The van der Waals surface area contributed by atoms with Gasteiger partial charge in [0.25, 0.3) is 0 Å². The SMILES string of the molecule is CCCCc1nn(-c2cccc(Oc3ccc4c5ccccc5n(-c5cc(C)ccn5)c4c3)c2)c(CCCC)c1-c1ccccc1. The summed E-state index contributed by atoms with van der Waals surface area (Å²) in [6.45, 7) is 6.59. The molecule has 0 saturated heterocycles. The monoisotopic (exact) mass is 604 g/mol. The lowest BCUT2D eigenvalue weighted by molar-refractivity contribution is 0.482. The van der Waals surface area contributed by atoms with Crippen molar-refractivity contribution in [3.8, 4) is 34.1 Å². The maximum Gasteiger partial charge on any atom is 0.137 e. The predicted molar refractivity (Wildman–Crippen MR) is 190 cm³/mol. The highest BCUT2D eigenvalue weighted by atomic mass is 16.5. The number of unbranched alkanes of at least 4 members (excludes halogenated alkanes) is 2. The van der Waals surface area contributed by atoms with Gasteiger partial charge in [0.2, 0.25) is 0 Å². The summed E-state index contributed by atoms with van der Waals surface area (Å²) in [6, 6.07) is 38.1. The molecule has 46 heavy (non-hydrogen) atoms. The first-order chi connectivity index (χ1) is 22.6. The van der Waals surface area contributed by atoms with Gasteiger partial charge in [-0.05, 0) is 86.2 Å². The van der Waals surface area contributed by atoms with Crippen molar-refractivity contribution in [2.45, 2.75) is 59.3 Å². The smallest absolute Gasteiger partial charge is 0.137 e. The number of hydrogen-bond acceptors (Lipinski definition) is 3. The largest absolute Gasteiger partial charge is 0.457 e. The van der Waals surface area contributed by atoms with Crippen LogP contribution in [0.1, 0.15) is 56.5 Å². The van der Waals surface area contributed by atoms with Crippen LogP contribution in [0.2, 0.25) is 0 Å². The minimum atomic E-state index is 0.779. The summed E-state index contributed by atoms with van der Waals surface area (Å²) in [5.41, 5.74) is 9.35. The van der Waals surface area contributed by atoms with E-state index in [-0.39, 0.29) is 0 Å². The third-order valence-electron chi connectivity index (χ3n) is 8.72. The lowest BCUT2D eigenvalue weighted by Crippen LogP contribution is -2.03. The van der Waals surface area contributed by atoms with E-state index < -0.39 is 0 Å². The molecular formula is C41H40N4O. The van der Waals surface area contributed by atoms with Crippen molar-refractivity contribution in [2.24, 2.45) is 0 Å². The minimum Gasteiger partial charge on any atom is -0.457 e. The Morgan fingerprint density at radius 1 is 0.674 bits per heavy atom. The van der Waals surface area contributed by atoms with Crippen LogP contribution in [-0.2, 0) is 12.8 Å². The Balaban J connectivity index is 1.30. The lowest BCUT2D eigenvalue weighted by Gasteiger charge is -2.12. The van der Waals surface area contributed by atoms with E-state index in [0.29, 0.717) is 0 Å². The molecule has 3 heterocycles. The average molecular weight is 605 g/mol. The van der Waals surface area contributed by atoms with Crippen LogP contribution in [0, 0.1) is 6.92 Å². The number of para-hydroxylation sites is 1. The Morgan fingerprint density at radius 3 is 2.26 bits per heavy atom. The van der Waals surface area contributed by atoms with Gasteiger partial charge in [0.1, 0.15) is 17.3 Å². The zero-order valence-electron chi connectivity index (χ0n) is 26.9. The molecule has 5 heteroatoms. The first kappa shape index (κ1) is 29.5. The highest BCUT2D eigenvalue weighted by Crippen LogP contribution is 2.36. The van der Waals surface area contributed by atoms with Crippen LogP contribution in [0.4, 0.5) is 0 Å². The number of pyridine rings is 1. The van der Waals surface area contributed by atoms with Crippen LogP contribution in [0.3, 0.4) is 0 Å². The van der Waals surface area contributed by atoms with Crippen molar-refractivity contribution in [3.05, 3.63) is 132 Å². The van der Waals surface area contributed by atoms with Gasteiger partial charge in [-0.3, -0.25) is 4.57 Å². The first-order valence-corrected chi connectivity index (χ1v) is 16.5. The zero-order valence-corrected chi connectivity index (χ0v) is 26.9. The predicted octanol–water partition coefficient (Wildman–Crippen LogP) is 10.8. The minimum absolute atomic E-state index is 0.779. The van der Waals surface area contributed by atoms with E-state index in [9.17, 15) is 0 Å². The van der Waals surface area contributed by atoms with Crippen molar-refractivity contribution < 1.29 is 4.74 Å². The number of benzene rings is 4. The molecule has 0 aliphatic rings. The zero-order chi connectivity index (χ0) is 31.5. The number of fused-ring (bicyclic) bond motifs is 3. The molecule has 4 aromatic carbocycles.